The molecule has 0 radical (unpaired) electrons. The molecule has 3 aromatic rings. The van der Waals surface area contributed by atoms with Crippen LogP contribution < -0.4 is 15.4 Å². The molecule has 0 aliphatic rings. The topological polar surface area (TPSA) is 85.2 Å². The molecule has 2 aromatic carbocycles. The van der Waals surface area contributed by atoms with Crippen LogP contribution in [-0.2, 0) is 18.4 Å². The Bertz CT molecular complexity index is 1030. The Labute approximate surface area is 180 Å². The van der Waals surface area contributed by atoms with Gasteiger partial charge in [0, 0.05) is 13.6 Å². The number of benzene rings is 2. The van der Waals surface area contributed by atoms with E-state index in [1.807, 2.05) is 42.5 Å². The largest absolute Gasteiger partial charge is 0.497 e. The minimum atomic E-state index is -0.882. The average Bonchev–Trinajstić information content (AvgIpc) is 3.02. The SMILES string of the molecule is COc1ccc(CNC(=O)C(NC(=O)c2c(C)nn(C)c2Cl)c2ccccc2)cc1. The lowest BCUT2D eigenvalue weighted by Gasteiger charge is -2.19. The van der Waals surface area contributed by atoms with Gasteiger partial charge in [-0.1, -0.05) is 54.1 Å². The fourth-order valence-electron chi connectivity index (χ4n) is 3.07. The van der Waals surface area contributed by atoms with Crippen molar-refractivity contribution in [3.8, 4) is 5.75 Å². The number of carbonyl (C=O) groups excluding carboxylic acids is 2. The first-order valence-corrected chi connectivity index (χ1v) is 9.74. The van der Waals surface area contributed by atoms with Gasteiger partial charge in [0.05, 0.1) is 18.4 Å². The van der Waals surface area contributed by atoms with E-state index in [2.05, 4.69) is 15.7 Å². The number of carbonyl (C=O) groups is 2. The third-order valence-corrected chi connectivity index (χ3v) is 5.11. The Hall–Kier alpha value is -3.32. The van der Waals surface area contributed by atoms with Crippen molar-refractivity contribution in [2.75, 3.05) is 7.11 Å². The third-order valence-electron chi connectivity index (χ3n) is 4.68. The summed E-state index contributed by atoms with van der Waals surface area (Å²) in [5, 5.41) is 10.0. The highest BCUT2D eigenvalue weighted by Crippen LogP contribution is 2.21. The standard InChI is InChI=1S/C22H23ClN4O3/c1-14-18(20(23)27(2)26-14)21(28)25-19(16-7-5-4-6-8-16)22(29)24-13-15-9-11-17(30-3)12-10-15/h4-12,19H,13H2,1-3H3,(H,24,29)(H,25,28). The lowest BCUT2D eigenvalue weighted by molar-refractivity contribution is -0.123. The lowest BCUT2D eigenvalue weighted by atomic mass is 10.1. The molecule has 1 heterocycles. The second-order valence-electron chi connectivity index (χ2n) is 6.76. The second kappa shape index (κ2) is 9.45. The van der Waals surface area contributed by atoms with Gasteiger partial charge in [-0.3, -0.25) is 14.3 Å². The molecular weight excluding hydrogens is 404 g/mol. The summed E-state index contributed by atoms with van der Waals surface area (Å²) in [6, 6.07) is 15.6. The first-order valence-electron chi connectivity index (χ1n) is 9.36. The molecule has 0 bridgehead atoms. The zero-order valence-electron chi connectivity index (χ0n) is 17.0. The summed E-state index contributed by atoms with van der Waals surface area (Å²) < 4.78 is 6.57. The first kappa shape index (κ1) is 21.4. The fraction of sp³-hybridized carbons (Fsp3) is 0.227. The van der Waals surface area contributed by atoms with Crippen LogP contribution in [0.1, 0.15) is 33.2 Å². The molecule has 0 spiro atoms. The van der Waals surface area contributed by atoms with E-state index in [0.29, 0.717) is 17.8 Å². The minimum absolute atomic E-state index is 0.218. The molecule has 156 valence electrons. The summed E-state index contributed by atoms with van der Waals surface area (Å²) in [6.45, 7) is 2.01. The molecule has 8 heteroatoms. The van der Waals surface area contributed by atoms with Gasteiger partial charge in [0.1, 0.15) is 16.9 Å². The molecule has 0 aliphatic carbocycles. The summed E-state index contributed by atoms with van der Waals surface area (Å²) in [6.07, 6.45) is 0. The molecule has 0 saturated heterocycles. The Morgan fingerprint density at radius 1 is 1.13 bits per heavy atom. The number of ether oxygens (including phenoxy) is 1. The molecular formula is C22H23ClN4O3. The molecule has 3 rings (SSSR count). The quantitative estimate of drug-likeness (QED) is 0.607. The van der Waals surface area contributed by atoms with E-state index in [0.717, 1.165) is 11.3 Å². The van der Waals surface area contributed by atoms with Gasteiger partial charge in [-0.2, -0.15) is 5.10 Å². The van der Waals surface area contributed by atoms with Crippen molar-refractivity contribution in [3.05, 3.63) is 82.1 Å². The summed E-state index contributed by atoms with van der Waals surface area (Å²) in [7, 11) is 3.25. The van der Waals surface area contributed by atoms with Gasteiger partial charge in [0.25, 0.3) is 5.91 Å². The van der Waals surface area contributed by atoms with Crippen LogP contribution in [0, 0.1) is 6.92 Å². The second-order valence-corrected chi connectivity index (χ2v) is 7.12. The number of aryl methyl sites for hydroxylation is 2. The van der Waals surface area contributed by atoms with E-state index in [9.17, 15) is 9.59 Å². The third kappa shape index (κ3) is 4.80. The van der Waals surface area contributed by atoms with Gasteiger partial charge >= 0.3 is 0 Å². The fourth-order valence-corrected chi connectivity index (χ4v) is 3.33. The molecule has 0 saturated carbocycles. The van der Waals surface area contributed by atoms with Gasteiger partial charge in [-0.15, -0.1) is 0 Å². The maximum atomic E-state index is 13.0. The lowest BCUT2D eigenvalue weighted by Crippen LogP contribution is -2.40. The summed E-state index contributed by atoms with van der Waals surface area (Å²) >= 11 is 6.21. The van der Waals surface area contributed by atoms with Crippen LogP contribution in [0.25, 0.3) is 0 Å². The van der Waals surface area contributed by atoms with E-state index in [1.165, 1.54) is 4.68 Å². The molecule has 30 heavy (non-hydrogen) atoms. The van der Waals surface area contributed by atoms with Crippen molar-refractivity contribution in [2.24, 2.45) is 7.05 Å². The van der Waals surface area contributed by atoms with E-state index >= 15 is 0 Å². The predicted molar refractivity (Wildman–Crippen MR) is 114 cm³/mol. The number of amides is 2. The van der Waals surface area contributed by atoms with Gasteiger partial charge < -0.3 is 15.4 Å². The number of nitrogens with one attached hydrogen (secondary N) is 2. The minimum Gasteiger partial charge on any atom is -0.497 e. The number of aromatic nitrogens is 2. The normalized spacial score (nSPS) is 11.6. The number of methoxy groups -OCH3 is 1. The van der Waals surface area contributed by atoms with Crippen molar-refractivity contribution in [1.82, 2.24) is 20.4 Å². The van der Waals surface area contributed by atoms with Crippen LogP contribution in [-0.4, -0.2) is 28.7 Å². The Balaban J connectivity index is 1.78. The molecule has 0 fully saturated rings. The average molecular weight is 427 g/mol. The van der Waals surface area contributed by atoms with Gasteiger partial charge in [0.2, 0.25) is 5.91 Å². The smallest absolute Gasteiger partial charge is 0.257 e. The summed E-state index contributed by atoms with van der Waals surface area (Å²) in [5.41, 5.74) is 2.32. The first-order chi connectivity index (χ1) is 14.4. The van der Waals surface area contributed by atoms with E-state index < -0.39 is 11.9 Å². The van der Waals surface area contributed by atoms with E-state index in [4.69, 9.17) is 16.3 Å². The van der Waals surface area contributed by atoms with Crippen LogP contribution in [0.5, 0.6) is 5.75 Å². The van der Waals surface area contributed by atoms with Gasteiger partial charge in [-0.25, -0.2) is 0 Å². The van der Waals surface area contributed by atoms with Crippen molar-refractivity contribution in [3.63, 3.8) is 0 Å². The van der Waals surface area contributed by atoms with Crippen LogP contribution >= 0.6 is 11.6 Å². The highest BCUT2D eigenvalue weighted by atomic mass is 35.5. The summed E-state index contributed by atoms with van der Waals surface area (Å²) in [4.78, 5) is 25.9. The van der Waals surface area contributed by atoms with Crippen LogP contribution in [0.15, 0.2) is 54.6 Å². The highest BCUT2D eigenvalue weighted by Gasteiger charge is 2.26. The molecule has 1 atom stereocenters. The Morgan fingerprint density at radius 2 is 1.80 bits per heavy atom. The molecule has 0 aliphatic heterocycles. The number of hydrogen-bond donors (Lipinski definition) is 2. The van der Waals surface area contributed by atoms with Crippen molar-refractivity contribution in [2.45, 2.75) is 19.5 Å². The molecule has 2 amide bonds. The zero-order valence-corrected chi connectivity index (χ0v) is 17.7. The molecule has 2 N–H and O–H groups in total. The number of rotatable bonds is 7. The van der Waals surface area contributed by atoms with Gasteiger partial charge in [0.15, 0.2) is 0 Å². The Morgan fingerprint density at radius 3 is 2.37 bits per heavy atom. The van der Waals surface area contributed by atoms with Crippen molar-refractivity contribution >= 4 is 23.4 Å². The molecule has 7 nitrogen and oxygen atoms in total. The van der Waals surface area contributed by atoms with Crippen molar-refractivity contribution in [1.29, 1.82) is 0 Å². The van der Waals surface area contributed by atoms with Crippen LogP contribution in [0.3, 0.4) is 0 Å². The molecule has 1 aromatic heterocycles. The number of nitrogens with zero attached hydrogens (tertiary/aromatic N) is 2. The zero-order chi connectivity index (χ0) is 21.7. The maximum Gasteiger partial charge on any atom is 0.257 e. The maximum absolute atomic E-state index is 13.0. The van der Waals surface area contributed by atoms with Crippen LogP contribution in [0.4, 0.5) is 0 Å². The number of hydrogen-bond acceptors (Lipinski definition) is 4. The monoisotopic (exact) mass is 426 g/mol. The predicted octanol–water partition coefficient (Wildman–Crippen LogP) is 3.18. The number of halogens is 1. The van der Waals surface area contributed by atoms with Crippen LogP contribution in [0.2, 0.25) is 5.15 Å². The van der Waals surface area contributed by atoms with Crippen molar-refractivity contribution < 1.29 is 14.3 Å². The van der Waals surface area contributed by atoms with E-state index in [1.54, 1.807) is 33.2 Å². The Kier molecular flexibility index (Phi) is 6.74. The van der Waals surface area contributed by atoms with Gasteiger partial charge in [-0.05, 0) is 30.2 Å². The van der Waals surface area contributed by atoms with E-state index in [-0.39, 0.29) is 16.6 Å². The summed E-state index contributed by atoms with van der Waals surface area (Å²) in [5.74, 6) is -0.0506. The highest BCUT2D eigenvalue weighted by molar-refractivity contribution is 6.33. The molecule has 1 unspecified atom stereocenters.